The van der Waals surface area contributed by atoms with E-state index in [1.54, 1.807) is 25.1 Å². The maximum Gasteiger partial charge on any atom is 0.276 e. The molecule has 0 saturated carbocycles. The second-order valence-electron chi connectivity index (χ2n) is 3.82. The van der Waals surface area contributed by atoms with Gasteiger partial charge in [0.05, 0.1) is 4.90 Å². The Bertz CT molecular complexity index is 464. The van der Waals surface area contributed by atoms with Gasteiger partial charge in [0.15, 0.2) is 0 Å². The van der Waals surface area contributed by atoms with Gasteiger partial charge in [-0.15, -0.1) is 0 Å². The molecule has 0 unspecified atom stereocenters. The lowest BCUT2D eigenvalue weighted by Gasteiger charge is -2.06. The van der Waals surface area contributed by atoms with Crippen molar-refractivity contribution < 1.29 is 8.42 Å². The Balaban J connectivity index is 2.86. The molecular weight excluding hydrogens is 224 g/mol. The first-order valence-electron chi connectivity index (χ1n) is 5.04. The van der Waals surface area contributed by atoms with E-state index in [0.29, 0.717) is 0 Å². The molecule has 88 valence electrons. The highest BCUT2D eigenvalue weighted by Gasteiger charge is 2.11. The van der Waals surface area contributed by atoms with Crippen molar-refractivity contribution in [2.45, 2.75) is 25.7 Å². The zero-order chi connectivity index (χ0) is 12.2. The molecule has 0 aromatic heterocycles. The third-order valence-corrected chi connectivity index (χ3v) is 3.46. The average molecular weight is 240 g/mol. The minimum absolute atomic E-state index is 0.218. The van der Waals surface area contributed by atoms with E-state index in [2.05, 4.69) is 9.93 Å². The Morgan fingerprint density at radius 1 is 1.25 bits per heavy atom. The molecule has 0 spiro atoms. The minimum atomic E-state index is -3.53. The number of hydrogen-bond donors (Lipinski definition) is 1. The van der Waals surface area contributed by atoms with Crippen LogP contribution in [0.5, 0.6) is 0 Å². The molecule has 0 aliphatic carbocycles. The van der Waals surface area contributed by atoms with Crippen LogP contribution in [-0.2, 0) is 10.0 Å². The maximum atomic E-state index is 11.7. The fraction of sp³-hybridized carbons (Fsp3) is 0.364. The van der Waals surface area contributed by atoms with Gasteiger partial charge in [-0.2, -0.15) is 13.5 Å². The quantitative estimate of drug-likeness (QED) is 0.646. The zero-order valence-corrected chi connectivity index (χ0v) is 10.5. The molecular formula is C11H16N2O2S. The summed E-state index contributed by atoms with van der Waals surface area (Å²) in [4.78, 5) is 2.43. The van der Waals surface area contributed by atoms with E-state index < -0.39 is 10.0 Å². The molecule has 1 aromatic rings. The van der Waals surface area contributed by atoms with Crippen molar-refractivity contribution in [3.05, 3.63) is 30.3 Å². The van der Waals surface area contributed by atoms with Crippen LogP contribution in [0.4, 0.5) is 0 Å². The van der Waals surface area contributed by atoms with Crippen LogP contribution in [0.1, 0.15) is 20.8 Å². The molecule has 1 N–H and O–H groups in total. The van der Waals surface area contributed by atoms with Gasteiger partial charge in [0.1, 0.15) is 0 Å². The topological polar surface area (TPSA) is 58.5 Å². The Labute approximate surface area is 96.4 Å². The zero-order valence-electron chi connectivity index (χ0n) is 9.64. The van der Waals surface area contributed by atoms with Crippen molar-refractivity contribution in [1.82, 2.24) is 4.83 Å². The summed E-state index contributed by atoms with van der Waals surface area (Å²) < 4.78 is 23.5. The molecule has 1 aromatic carbocycles. The summed E-state index contributed by atoms with van der Waals surface area (Å²) >= 11 is 0. The second kappa shape index (κ2) is 5.12. The first kappa shape index (κ1) is 12.7. The first-order chi connectivity index (χ1) is 7.43. The molecule has 5 heteroatoms. The standard InChI is InChI=1S/C11H16N2O2S/c1-9(2)10(3)12-13-16(14,15)11-7-5-4-6-8-11/h4-9,13H,1-3H3. The van der Waals surface area contributed by atoms with Gasteiger partial charge in [-0.1, -0.05) is 32.0 Å². The van der Waals surface area contributed by atoms with Crippen LogP contribution in [0, 0.1) is 5.92 Å². The summed E-state index contributed by atoms with van der Waals surface area (Å²) in [6.07, 6.45) is 0. The largest absolute Gasteiger partial charge is 0.276 e. The smallest absolute Gasteiger partial charge is 0.200 e. The van der Waals surface area contributed by atoms with Gasteiger partial charge in [0, 0.05) is 5.71 Å². The summed E-state index contributed by atoms with van der Waals surface area (Å²) in [7, 11) is -3.53. The van der Waals surface area contributed by atoms with Crippen LogP contribution in [0.3, 0.4) is 0 Å². The fourth-order valence-corrected chi connectivity index (χ4v) is 1.80. The lowest BCUT2D eigenvalue weighted by atomic mass is 10.1. The van der Waals surface area contributed by atoms with Crippen LogP contribution in [0.2, 0.25) is 0 Å². The second-order valence-corrected chi connectivity index (χ2v) is 5.48. The number of rotatable bonds is 4. The van der Waals surface area contributed by atoms with Crippen molar-refractivity contribution in [2.75, 3.05) is 0 Å². The van der Waals surface area contributed by atoms with E-state index in [1.807, 2.05) is 13.8 Å². The lowest BCUT2D eigenvalue weighted by molar-refractivity contribution is 0.584. The van der Waals surface area contributed by atoms with E-state index in [-0.39, 0.29) is 10.8 Å². The Morgan fingerprint density at radius 2 is 1.81 bits per heavy atom. The summed E-state index contributed by atoms with van der Waals surface area (Å²) in [5.41, 5.74) is 0.750. The Hall–Kier alpha value is -1.36. The molecule has 0 heterocycles. The molecule has 1 rings (SSSR count). The highest BCUT2D eigenvalue weighted by molar-refractivity contribution is 7.89. The number of sulfonamides is 1. The summed E-state index contributed by atoms with van der Waals surface area (Å²) in [6, 6.07) is 8.17. The first-order valence-corrected chi connectivity index (χ1v) is 6.53. The normalized spacial score (nSPS) is 12.9. The van der Waals surface area contributed by atoms with E-state index in [1.165, 1.54) is 12.1 Å². The molecule has 0 bridgehead atoms. The van der Waals surface area contributed by atoms with Crippen molar-refractivity contribution in [1.29, 1.82) is 0 Å². The van der Waals surface area contributed by atoms with Crippen molar-refractivity contribution in [2.24, 2.45) is 11.0 Å². The molecule has 16 heavy (non-hydrogen) atoms. The third-order valence-electron chi connectivity index (χ3n) is 2.23. The molecule has 0 aliphatic rings. The number of nitrogens with zero attached hydrogens (tertiary/aromatic N) is 1. The van der Waals surface area contributed by atoms with E-state index in [4.69, 9.17) is 0 Å². The van der Waals surface area contributed by atoms with Gasteiger partial charge in [0.2, 0.25) is 0 Å². The predicted molar refractivity (Wildman–Crippen MR) is 64.7 cm³/mol. The van der Waals surface area contributed by atoms with Gasteiger partial charge in [0.25, 0.3) is 10.0 Å². The monoisotopic (exact) mass is 240 g/mol. The molecule has 0 radical (unpaired) electrons. The summed E-state index contributed by atoms with van der Waals surface area (Å²) in [5, 5.41) is 3.85. The molecule has 0 aliphatic heterocycles. The van der Waals surface area contributed by atoms with Gasteiger partial charge in [-0.25, -0.2) is 4.83 Å². The number of hydrazone groups is 1. The van der Waals surface area contributed by atoms with Gasteiger partial charge in [-0.05, 0) is 25.0 Å². The molecule has 0 amide bonds. The summed E-state index contributed by atoms with van der Waals surface area (Å²) in [5.74, 6) is 0.221. The van der Waals surface area contributed by atoms with E-state index >= 15 is 0 Å². The minimum Gasteiger partial charge on any atom is -0.200 e. The molecule has 4 nitrogen and oxygen atoms in total. The maximum absolute atomic E-state index is 11.7. The predicted octanol–water partition coefficient (Wildman–Crippen LogP) is 2.00. The summed E-state index contributed by atoms with van der Waals surface area (Å²) in [6.45, 7) is 5.70. The number of nitrogens with one attached hydrogen (secondary N) is 1. The Morgan fingerprint density at radius 3 is 2.31 bits per heavy atom. The van der Waals surface area contributed by atoms with Crippen LogP contribution in [0.25, 0.3) is 0 Å². The van der Waals surface area contributed by atoms with Crippen molar-refractivity contribution in [3.63, 3.8) is 0 Å². The van der Waals surface area contributed by atoms with Gasteiger partial charge < -0.3 is 0 Å². The SMILES string of the molecule is CC(=NNS(=O)(=O)c1ccccc1)C(C)C. The van der Waals surface area contributed by atoms with Gasteiger partial charge >= 0.3 is 0 Å². The Kier molecular flexibility index (Phi) is 4.06. The number of benzene rings is 1. The fourth-order valence-electron chi connectivity index (χ4n) is 0.914. The highest BCUT2D eigenvalue weighted by Crippen LogP contribution is 2.07. The van der Waals surface area contributed by atoms with Crippen LogP contribution in [0.15, 0.2) is 40.3 Å². The van der Waals surface area contributed by atoms with Crippen LogP contribution >= 0.6 is 0 Å². The van der Waals surface area contributed by atoms with Gasteiger partial charge in [-0.3, -0.25) is 0 Å². The van der Waals surface area contributed by atoms with Crippen molar-refractivity contribution in [3.8, 4) is 0 Å². The van der Waals surface area contributed by atoms with Crippen LogP contribution in [-0.4, -0.2) is 14.1 Å². The average Bonchev–Trinajstić information content (AvgIpc) is 2.27. The molecule has 0 saturated heterocycles. The van der Waals surface area contributed by atoms with E-state index in [0.717, 1.165) is 5.71 Å². The molecule has 0 fully saturated rings. The molecule has 0 atom stereocenters. The lowest BCUT2D eigenvalue weighted by Crippen LogP contribution is -2.20. The number of hydrogen-bond acceptors (Lipinski definition) is 3. The highest BCUT2D eigenvalue weighted by atomic mass is 32.2. The third kappa shape index (κ3) is 3.34. The van der Waals surface area contributed by atoms with Crippen molar-refractivity contribution >= 4 is 15.7 Å². The van der Waals surface area contributed by atoms with Crippen LogP contribution < -0.4 is 4.83 Å². The van der Waals surface area contributed by atoms with E-state index in [9.17, 15) is 8.42 Å².